The molecule has 4 amide bonds. The highest BCUT2D eigenvalue weighted by molar-refractivity contribution is 6.29. The van der Waals surface area contributed by atoms with Crippen molar-refractivity contribution in [2.45, 2.75) is 5.54 Å². The maximum Gasteiger partial charge on any atom is 0.269 e. The molecule has 3 heterocycles. The minimum atomic E-state index is -1.51. The fraction of sp³-hybridized carbons (Fsp3) is 0.167. The average Bonchev–Trinajstić information content (AvgIpc) is 3.68. The van der Waals surface area contributed by atoms with Crippen molar-refractivity contribution in [3.8, 4) is 0 Å². The molecule has 0 aromatic heterocycles. The molecule has 1 saturated carbocycles. The minimum Gasteiger partial charge on any atom is -0.329 e. The summed E-state index contributed by atoms with van der Waals surface area (Å²) in [6.07, 6.45) is 1.89. The summed E-state index contributed by atoms with van der Waals surface area (Å²) < 4.78 is 0. The molecule has 3 aliphatic heterocycles. The van der Waals surface area contributed by atoms with Gasteiger partial charge < -0.3 is 4.90 Å². The van der Waals surface area contributed by atoms with Gasteiger partial charge in [-0.3, -0.25) is 39.4 Å². The van der Waals surface area contributed by atoms with Crippen LogP contribution in [0.25, 0.3) is 5.57 Å². The zero-order chi connectivity index (χ0) is 33.9. The van der Waals surface area contributed by atoms with Gasteiger partial charge in [-0.2, -0.15) is 0 Å². The highest BCUT2D eigenvalue weighted by Crippen LogP contribution is 2.71. The van der Waals surface area contributed by atoms with Crippen LogP contribution >= 0.6 is 0 Å². The summed E-state index contributed by atoms with van der Waals surface area (Å²) in [5.41, 5.74) is 1.20. The monoisotopic (exact) mass is 653 g/mol. The van der Waals surface area contributed by atoms with Crippen molar-refractivity contribution in [1.29, 1.82) is 0 Å². The lowest BCUT2D eigenvalue weighted by atomic mass is 9.47. The maximum atomic E-state index is 14.9. The molecule has 4 unspecified atom stereocenters. The predicted molar refractivity (Wildman–Crippen MR) is 174 cm³/mol. The molecule has 3 aliphatic carbocycles. The van der Waals surface area contributed by atoms with E-state index in [1.165, 1.54) is 48.5 Å². The number of non-ortho nitro benzene ring substituents is 2. The van der Waals surface area contributed by atoms with Gasteiger partial charge in [-0.15, -0.1) is 0 Å². The molecule has 240 valence electrons. The van der Waals surface area contributed by atoms with Crippen LogP contribution in [0.4, 0.5) is 34.1 Å². The molecule has 0 N–H and O–H groups in total. The third-order valence-electron chi connectivity index (χ3n) is 10.7. The van der Waals surface area contributed by atoms with Gasteiger partial charge in [0.1, 0.15) is 0 Å². The van der Waals surface area contributed by atoms with Gasteiger partial charge in [0.25, 0.3) is 11.4 Å². The van der Waals surface area contributed by atoms with Crippen LogP contribution in [0.3, 0.4) is 0 Å². The predicted octanol–water partition coefficient (Wildman–Crippen LogP) is 5.03. The first-order chi connectivity index (χ1) is 23.7. The number of anilines is 4. The quantitative estimate of drug-likeness (QED) is 0.163. The normalized spacial score (nSPS) is 27.6. The molecule has 6 aliphatic rings. The van der Waals surface area contributed by atoms with E-state index in [2.05, 4.69) is 0 Å². The number of rotatable bonds is 5. The number of nitro benzene ring substituents is 2. The number of carbonyl (C=O) groups is 4. The van der Waals surface area contributed by atoms with Crippen LogP contribution in [-0.2, 0) is 19.2 Å². The summed E-state index contributed by atoms with van der Waals surface area (Å²) in [5.74, 6) is -7.36. The second-order valence-electron chi connectivity index (χ2n) is 12.7. The number of benzene rings is 4. The van der Waals surface area contributed by atoms with E-state index in [4.69, 9.17) is 0 Å². The van der Waals surface area contributed by atoms with Crippen LogP contribution in [0.1, 0.15) is 5.56 Å². The molecule has 4 aromatic rings. The Balaban J connectivity index is 1.28. The number of carbonyl (C=O) groups excluding carboxylic acids is 4. The largest absolute Gasteiger partial charge is 0.329 e. The van der Waals surface area contributed by atoms with E-state index in [1.54, 1.807) is 0 Å². The number of imide groups is 2. The molecule has 3 fully saturated rings. The molecule has 10 rings (SSSR count). The molecule has 13 nitrogen and oxygen atoms in total. The fourth-order valence-electron chi connectivity index (χ4n) is 9.05. The number of hydrogen-bond acceptors (Lipinski definition) is 9. The van der Waals surface area contributed by atoms with E-state index in [-0.39, 0.29) is 22.7 Å². The van der Waals surface area contributed by atoms with Crippen molar-refractivity contribution in [2.75, 3.05) is 14.7 Å². The number of nitrogens with zero attached hydrogens (tertiary/aromatic N) is 5. The second-order valence-corrected chi connectivity index (χ2v) is 12.7. The number of amides is 4. The van der Waals surface area contributed by atoms with Crippen LogP contribution in [0.15, 0.2) is 109 Å². The van der Waals surface area contributed by atoms with Crippen LogP contribution in [0.2, 0.25) is 0 Å². The van der Waals surface area contributed by atoms with Crippen molar-refractivity contribution in [3.05, 3.63) is 135 Å². The van der Waals surface area contributed by atoms with Gasteiger partial charge in [-0.25, -0.2) is 9.80 Å². The summed E-state index contributed by atoms with van der Waals surface area (Å²) in [6, 6.07) is 27.0. The SMILES string of the molecule is O=C1C2C3C=C4c5ccccc5N(c5ccccc5)C4(C2C(=O)N1c1ccc([N+](=O)[O-])cc1)[C@H]1C(=O)N(c2ccc([N+](=O)[O-])cc2)C(=O)[C@@H]31. The van der Waals surface area contributed by atoms with Gasteiger partial charge in [-0.05, 0) is 48.0 Å². The number of para-hydroxylation sites is 2. The first-order valence-corrected chi connectivity index (χ1v) is 15.6. The number of allylic oxidation sites excluding steroid dienone is 1. The van der Waals surface area contributed by atoms with Crippen molar-refractivity contribution >= 4 is 63.3 Å². The van der Waals surface area contributed by atoms with Crippen LogP contribution in [0.5, 0.6) is 0 Å². The molecule has 2 bridgehead atoms. The van der Waals surface area contributed by atoms with Crippen LogP contribution in [0, 0.1) is 49.8 Å². The third-order valence-corrected chi connectivity index (χ3v) is 10.7. The Morgan fingerprint density at radius 3 is 1.51 bits per heavy atom. The molecule has 13 heteroatoms. The smallest absolute Gasteiger partial charge is 0.269 e. The lowest BCUT2D eigenvalue weighted by Gasteiger charge is -2.57. The lowest BCUT2D eigenvalue weighted by Crippen LogP contribution is -2.68. The molecular weight excluding hydrogens is 630 g/mol. The Morgan fingerprint density at radius 1 is 0.551 bits per heavy atom. The molecule has 49 heavy (non-hydrogen) atoms. The zero-order valence-electron chi connectivity index (χ0n) is 25.3. The van der Waals surface area contributed by atoms with Crippen molar-refractivity contribution in [3.63, 3.8) is 0 Å². The molecule has 2 saturated heterocycles. The Hall–Kier alpha value is -6.50. The summed E-state index contributed by atoms with van der Waals surface area (Å²) in [5, 5.41) is 22.7. The number of hydrogen-bond donors (Lipinski definition) is 0. The zero-order valence-corrected chi connectivity index (χ0v) is 25.3. The van der Waals surface area contributed by atoms with Gasteiger partial charge in [0.2, 0.25) is 23.6 Å². The fourth-order valence-corrected chi connectivity index (χ4v) is 9.05. The van der Waals surface area contributed by atoms with Gasteiger partial charge in [0.15, 0.2) is 0 Å². The van der Waals surface area contributed by atoms with Gasteiger partial charge >= 0.3 is 0 Å². The van der Waals surface area contributed by atoms with E-state index in [9.17, 15) is 39.4 Å². The molecule has 0 radical (unpaired) electrons. The average molecular weight is 654 g/mol. The summed E-state index contributed by atoms with van der Waals surface area (Å²) in [4.78, 5) is 84.5. The lowest BCUT2D eigenvalue weighted by molar-refractivity contribution is -0.385. The summed E-state index contributed by atoms with van der Waals surface area (Å²) in [6.45, 7) is 0. The van der Waals surface area contributed by atoms with E-state index in [0.29, 0.717) is 16.9 Å². The Bertz CT molecular complexity index is 2120. The van der Waals surface area contributed by atoms with E-state index in [1.807, 2.05) is 65.6 Å². The summed E-state index contributed by atoms with van der Waals surface area (Å²) in [7, 11) is 0. The molecule has 1 spiro atoms. The number of fused-ring (bicyclic) bond motifs is 1. The van der Waals surface area contributed by atoms with Crippen molar-refractivity contribution < 1.29 is 29.0 Å². The Labute approximate surface area is 276 Å². The van der Waals surface area contributed by atoms with Crippen LogP contribution in [-0.4, -0.2) is 39.0 Å². The molecular formula is C36H23N5O8. The van der Waals surface area contributed by atoms with Crippen LogP contribution < -0.4 is 14.7 Å². The highest BCUT2D eigenvalue weighted by Gasteiger charge is 2.80. The van der Waals surface area contributed by atoms with Crippen molar-refractivity contribution in [1.82, 2.24) is 0 Å². The first-order valence-electron chi connectivity index (χ1n) is 15.6. The molecule has 6 atom stereocenters. The minimum absolute atomic E-state index is 0.157. The molecule has 4 aromatic carbocycles. The van der Waals surface area contributed by atoms with E-state index < -0.39 is 68.6 Å². The van der Waals surface area contributed by atoms with E-state index >= 15 is 0 Å². The van der Waals surface area contributed by atoms with Gasteiger partial charge in [0, 0.05) is 47.1 Å². The number of nitro groups is 2. The van der Waals surface area contributed by atoms with Crippen molar-refractivity contribution in [2.24, 2.45) is 29.6 Å². The Kier molecular flexibility index (Phi) is 5.72. The Morgan fingerprint density at radius 2 is 1.02 bits per heavy atom. The standard InChI is InChI=1S/C36H23N5O8/c42-32-28-25-18-26-24-8-4-5-9-27(24)39(21-6-2-1-3-7-21)36(26,30(28)34(44)37(32)19-10-14-22(15-11-19)40(46)47)31-29(25)33(43)38(35(31)45)20-12-16-23(17-13-20)41(48)49/h1-18,25,28-31H/t25?,28-,29?,30+,31?,36?/m0/s1. The topological polar surface area (TPSA) is 164 Å². The third kappa shape index (κ3) is 3.48. The maximum absolute atomic E-state index is 14.9. The second kappa shape index (κ2) is 9.76. The first kappa shape index (κ1) is 28.7. The van der Waals surface area contributed by atoms with E-state index in [0.717, 1.165) is 15.4 Å². The highest BCUT2D eigenvalue weighted by atomic mass is 16.6. The summed E-state index contributed by atoms with van der Waals surface area (Å²) >= 11 is 0. The van der Waals surface area contributed by atoms with Gasteiger partial charge in [-0.1, -0.05) is 42.5 Å². The van der Waals surface area contributed by atoms with Gasteiger partial charge in [0.05, 0.1) is 50.4 Å².